The molecule has 0 radical (unpaired) electrons. The van der Waals surface area contributed by atoms with Gasteiger partial charge < -0.3 is 43.0 Å². The van der Waals surface area contributed by atoms with Crippen molar-refractivity contribution < 1.29 is 57.4 Å². The number of methoxy groups -OCH3 is 3. The van der Waals surface area contributed by atoms with E-state index in [0.29, 0.717) is 69.9 Å². The van der Waals surface area contributed by atoms with E-state index in [-0.39, 0.29) is 31.0 Å². The Morgan fingerprint density at radius 1 is 0.449 bits per heavy atom. The monoisotopic (exact) mass is 1050 g/mol. The van der Waals surface area contributed by atoms with Gasteiger partial charge in [0.05, 0.1) is 50.7 Å². The van der Waals surface area contributed by atoms with E-state index in [2.05, 4.69) is 29.9 Å². The van der Waals surface area contributed by atoms with Gasteiger partial charge >= 0.3 is 17.9 Å². The third-order valence-electron chi connectivity index (χ3n) is 10.7. The molecular formula is C60H56N6O12. The predicted octanol–water partition coefficient (Wildman–Crippen LogP) is 12.9. The summed E-state index contributed by atoms with van der Waals surface area (Å²) in [5.41, 5.74) is 5.67. The van der Waals surface area contributed by atoms with Gasteiger partial charge in [0.25, 0.3) is 0 Å². The van der Waals surface area contributed by atoms with Gasteiger partial charge in [0.1, 0.15) is 34.5 Å². The van der Waals surface area contributed by atoms with Gasteiger partial charge in [-0.25, -0.2) is 29.3 Å². The van der Waals surface area contributed by atoms with E-state index < -0.39 is 5.97 Å². The Bertz CT molecular complexity index is 3400. The molecule has 0 saturated heterocycles. The number of benzene rings is 3. The average molecular weight is 1050 g/mol. The zero-order chi connectivity index (χ0) is 54.5. The number of carbonyl (C=O) groups excluding carboxylic acids is 2. The number of ether oxygens (including phenoxy) is 8. The number of nitrogens with zero attached hydrogens (tertiary/aromatic N) is 6. The van der Waals surface area contributed by atoms with Crippen molar-refractivity contribution in [2.24, 2.45) is 0 Å². The van der Waals surface area contributed by atoms with Crippen molar-refractivity contribution in [3.05, 3.63) is 200 Å². The summed E-state index contributed by atoms with van der Waals surface area (Å²) in [6.07, 6.45) is 14.8. The summed E-state index contributed by atoms with van der Waals surface area (Å²) < 4.78 is 44.0. The number of hydrogen-bond donors (Lipinski definition) is 1. The van der Waals surface area contributed by atoms with Crippen LogP contribution in [0.15, 0.2) is 183 Å². The van der Waals surface area contributed by atoms with Crippen molar-refractivity contribution in [1.29, 1.82) is 0 Å². The maximum Gasteiger partial charge on any atom is 0.338 e. The number of carbonyl (C=O) groups is 3. The van der Waals surface area contributed by atoms with Crippen LogP contribution >= 0.6 is 0 Å². The standard InChI is InChI=1S/C21H20N2O4.C20H18N2O4.C18H14N2O4.CH4/c1-14(2)26-21(24)15-6-8-16(9-7-15)27-20-17(5-4-11-23-20)18-13-22-12-10-19(18)25-3;1-3-25-20(23)14-6-8-15(9-7-14)26-19-16(5-4-11-22-19)17-13-21-12-10-18(17)24-2;1-23-16-8-10-19-11-15(16)14-3-2-9-20-17(14)24-13-6-4-12(5-7-13)18(21)22;/h4-14H,1-3H3;4-13H,3H2,1-2H3;2-11H,1H3,(H,21,22);1H4. The molecule has 398 valence electrons. The maximum atomic E-state index is 11.9. The molecule has 6 aromatic heterocycles. The molecule has 0 atom stereocenters. The van der Waals surface area contributed by atoms with E-state index in [1.807, 2.05) is 44.2 Å². The van der Waals surface area contributed by atoms with Crippen molar-refractivity contribution >= 4 is 17.9 Å². The number of esters is 2. The highest BCUT2D eigenvalue weighted by molar-refractivity contribution is 5.90. The number of aromatic carboxylic acids is 1. The third-order valence-corrected chi connectivity index (χ3v) is 10.7. The summed E-state index contributed by atoms with van der Waals surface area (Å²) in [5, 5.41) is 8.94. The molecule has 0 fully saturated rings. The molecule has 9 aromatic rings. The molecule has 0 aliphatic rings. The first-order chi connectivity index (χ1) is 37.5. The fraction of sp³-hybridized carbons (Fsp3) is 0.150. The normalized spacial score (nSPS) is 10.2. The first-order valence-corrected chi connectivity index (χ1v) is 23.7. The van der Waals surface area contributed by atoms with Gasteiger partial charge in [0.15, 0.2) is 0 Å². The summed E-state index contributed by atoms with van der Waals surface area (Å²) in [4.78, 5) is 59.9. The van der Waals surface area contributed by atoms with Crippen LogP contribution in [0.3, 0.4) is 0 Å². The zero-order valence-corrected chi connectivity index (χ0v) is 42.7. The first-order valence-electron chi connectivity index (χ1n) is 23.7. The molecule has 0 amide bonds. The molecule has 0 aliphatic carbocycles. The highest BCUT2D eigenvalue weighted by Crippen LogP contribution is 2.39. The largest absolute Gasteiger partial charge is 0.496 e. The Hall–Kier alpha value is -10.2. The number of hydrogen-bond acceptors (Lipinski definition) is 17. The summed E-state index contributed by atoms with van der Waals surface area (Å²) >= 11 is 0. The van der Waals surface area contributed by atoms with Crippen molar-refractivity contribution in [3.63, 3.8) is 0 Å². The van der Waals surface area contributed by atoms with Gasteiger partial charge in [0, 0.05) is 89.2 Å². The number of aromatic nitrogens is 6. The molecule has 0 unspecified atom stereocenters. The SMILES string of the molecule is C.CCOC(=O)c1ccc(Oc2ncccc2-c2cnccc2OC)cc1.COc1ccncc1-c1cccnc1Oc1ccc(C(=O)O)cc1.COc1ccncc1-c1cccnc1Oc1ccc(C(=O)OC(C)C)cc1. The topological polar surface area (TPSA) is 223 Å². The van der Waals surface area contributed by atoms with E-state index >= 15 is 0 Å². The maximum absolute atomic E-state index is 11.9. The molecule has 0 bridgehead atoms. The van der Waals surface area contributed by atoms with Crippen LogP contribution in [0.5, 0.6) is 52.1 Å². The smallest absolute Gasteiger partial charge is 0.338 e. The number of pyridine rings is 6. The molecule has 78 heavy (non-hydrogen) atoms. The fourth-order valence-electron chi connectivity index (χ4n) is 7.13. The number of rotatable bonds is 17. The van der Waals surface area contributed by atoms with Gasteiger partial charge in [-0.1, -0.05) is 7.43 Å². The second-order valence-corrected chi connectivity index (χ2v) is 16.2. The molecule has 18 nitrogen and oxygen atoms in total. The fourth-order valence-corrected chi connectivity index (χ4v) is 7.13. The Morgan fingerprint density at radius 2 is 0.782 bits per heavy atom. The van der Waals surface area contributed by atoms with E-state index in [4.69, 9.17) is 43.0 Å². The van der Waals surface area contributed by atoms with E-state index in [1.165, 1.54) is 12.1 Å². The second kappa shape index (κ2) is 28.4. The Kier molecular flexibility index (Phi) is 20.8. The lowest BCUT2D eigenvalue weighted by molar-refractivity contribution is 0.0377. The van der Waals surface area contributed by atoms with Crippen molar-refractivity contribution in [1.82, 2.24) is 29.9 Å². The van der Waals surface area contributed by atoms with Crippen LogP contribution in [0.25, 0.3) is 33.4 Å². The van der Waals surface area contributed by atoms with Crippen LogP contribution in [0.2, 0.25) is 0 Å². The molecular weight excluding hydrogens is 997 g/mol. The third kappa shape index (κ3) is 15.2. The molecule has 9 rings (SSSR count). The van der Waals surface area contributed by atoms with Crippen molar-refractivity contribution in [2.45, 2.75) is 34.3 Å². The first kappa shape index (κ1) is 57.1. The lowest BCUT2D eigenvalue weighted by Gasteiger charge is -2.13. The molecule has 1 N–H and O–H groups in total. The minimum absolute atomic E-state index is 0. The minimum Gasteiger partial charge on any atom is -0.496 e. The second-order valence-electron chi connectivity index (χ2n) is 16.2. The predicted molar refractivity (Wildman–Crippen MR) is 292 cm³/mol. The van der Waals surface area contributed by atoms with E-state index in [0.717, 1.165) is 33.4 Å². The lowest BCUT2D eigenvalue weighted by Crippen LogP contribution is -2.11. The molecule has 3 aromatic carbocycles. The molecule has 0 saturated carbocycles. The van der Waals surface area contributed by atoms with Crippen LogP contribution in [0, 0.1) is 0 Å². The van der Waals surface area contributed by atoms with Gasteiger partial charge in [-0.3, -0.25) is 15.0 Å². The Balaban J connectivity index is 0.000000188. The Labute approximate surface area is 451 Å². The summed E-state index contributed by atoms with van der Waals surface area (Å²) in [7, 11) is 4.79. The summed E-state index contributed by atoms with van der Waals surface area (Å²) in [5.74, 6) is 3.11. The van der Waals surface area contributed by atoms with Gasteiger partial charge in [0.2, 0.25) is 17.6 Å². The molecule has 0 spiro atoms. The van der Waals surface area contributed by atoms with Gasteiger partial charge in [-0.2, -0.15) is 0 Å². The van der Waals surface area contributed by atoms with Gasteiger partial charge in [-0.05, 0) is 148 Å². The molecule has 0 aliphatic heterocycles. The van der Waals surface area contributed by atoms with Crippen LogP contribution < -0.4 is 28.4 Å². The Morgan fingerprint density at radius 3 is 1.09 bits per heavy atom. The highest BCUT2D eigenvalue weighted by atomic mass is 16.5. The average Bonchev–Trinajstić information content (AvgIpc) is 3.46. The van der Waals surface area contributed by atoms with Crippen LogP contribution in [0.1, 0.15) is 59.3 Å². The minimum atomic E-state index is -0.986. The van der Waals surface area contributed by atoms with Crippen LogP contribution in [-0.2, 0) is 9.47 Å². The highest BCUT2D eigenvalue weighted by Gasteiger charge is 2.18. The van der Waals surface area contributed by atoms with Crippen LogP contribution in [-0.4, -0.2) is 87.0 Å². The quantitative estimate of drug-likeness (QED) is 0.0837. The van der Waals surface area contributed by atoms with E-state index in [1.54, 1.807) is 169 Å². The van der Waals surface area contributed by atoms with Crippen molar-refractivity contribution in [2.75, 3.05) is 27.9 Å². The number of carboxylic acid groups (broad SMARTS) is 1. The van der Waals surface area contributed by atoms with Crippen LogP contribution in [0.4, 0.5) is 0 Å². The molecule has 6 heterocycles. The summed E-state index contributed by atoms with van der Waals surface area (Å²) in [6, 6.07) is 35.9. The summed E-state index contributed by atoms with van der Waals surface area (Å²) in [6.45, 7) is 5.72. The molecule has 18 heteroatoms. The van der Waals surface area contributed by atoms with Crippen molar-refractivity contribution in [3.8, 4) is 85.5 Å². The van der Waals surface area contributed by atoms with Gasteiger partial charge in [-0.15, -0.1) is 0 Å². The number of carboxylic acids is 1. The van der Waals surface area contributed by atoms with E-state index in [9.17, 15) is 14.4 Å². The zero-order valence-electron chi connectivity index (χ0n) is 42.7. The lowest BCUT2D eigenvalue weighted by atomic mass is 10.1.